The Morgan fingerprint density at radius 3 is 2.73 bits per heavy atom. The minimum atomic E-state index is -0.193. The molecule has 2 N–H and O–H groups in total. The number of urea groups is 1. The molecule has 1 saturated carbocycles. The minimum Gasteiger partial charge on any atom is -0.335 e. The summed E-state index contributed by atoms with van der Waals surface area (Å²) in [5.41, 5.74) is 2.37. The van der Waals surface area contributed by atoms with E-state index in [0.717, 1.165) is 24.1 Å². The van der Waals surface area contributed by atoms with Crippen molar-refractivity contribution < 1.29 is 4.79 Å². The molecule has 26 heavy (non-hydrogen) atoms. The number of fused-ring (bicyclic) bond motifs is 1. The van der Waals surface area contributed by atoms with Crippen LogP contribution in [0.3, 0.4) is 0 Å². The molecular weight excluding hydrogens is 330 g/mol. The average molecular weight is 351 g/mol. The zero-order chi connectivity index (χ0) is 17.8. The molecule has 134 valence electrons. The van der Waals surface area contributed by atoms with Crippen LogP contribution in [-0.2, 0) is 6.42 Å². The molecule has 4 rings (SSSR count). The first-order valence-electron chi connectivity index (χ1n) is 8.92. The molecular formula is C18H21N7O. The van der Waals surface area contributed by atoms with E-state index in [-0.39, 0.29) is 12.1 Å². The smallest absolute Gasteiger partial charge is 0.320 e. The summed E-state index contributed by atoms with van der Waals surface area (Å²) in [7, 11) is 0. The third kappa shape index (κ3) is 3.63. The number of anilines is 1. The fourth-order valence-corrected chi connectivity index (χ4v) is 3.40. The van der Waals surface area contributed by atoms with E-state index < -0.39 is 0 Å². The highest BCUT2D eigenvalue weighted by atomic mass is 16.2. The van der Waals surface area contributed by atoms with Crippen LogP contribution in [0.1, 0.15) is 43.4 Å². The van der Waals surface area contributed by atoms with Crippen molar-refractivity contribution in [2.24, 2.45) is 0 Å². The highest BCUT2D eigenvalue weighted by molar-refractivity contribution is 5.89. The Bertz CT molecular complexity index is 887. The number of amides is 2. The van der Waals surface area contributed by atoms with Gasteiger partial charge < -0.3 is 5.32 Å². The topological polar surface area (TPSA) is 97.1 Å². The Balaban J connectivity index is 1.57. The van der Waals surface area contributed by atoms with Crippen LogP contribution in [0.25, 0.3) is 5.65 Å². The number of hydrogen-bond donors (Lipinski definition) is 2. The Morgan fingerprint density at radius 1 is 1.12 bits per heavy atom. The summed E-state index contributed by atoms with van der Waals surface area (Å²) in [6, 6.07) is 0.0525. The van der Waals surface area contributed by atoms with Crippen LogP contribution in [0.2, 0.25) is 0 Å². The Morgan fingerprint density at radius 2 is 1.92 bits per heavy atom. The second kappa shape index (κ2) is 7.47. The molecule has 0 saturated heterocycles. The second-order valence-corrected chi connectivity index (χ2v) is 6.57. The van der Waals surface area contributed by atoms with Crippen LogP contribution < -0.4 is 10.6 Å². The maximum atomic E-state index is 12.5. The second-order valence-electron chi connectivity index (χ2n) is 6.57. The zero-order valence-corrected chi connectivity index (χ0v) is 14.4. The third-order valence-corrected chi connectivity index (χ3v) is 4.66. The van der Waals surface area contributed by atoms with Gasteiger partial charge in [-0.15, -0.1) is 0 Å². The van der Waals surface area contributed by atoms with Crippen molar-refractivity contribution in [2.75, 3.05) is 5.32 Å². The summed E-state index contributed by atoms with van der Waals surface area (Å²) in [5.74, 6) is 0.652. The predicted molar refractivity (Wildman–Crippen MR) is 96.9 cm³/mol. The van der Waals surface area contributed by atoms with E-state index in [2.05, 4.69) is 30.6 Å². The number of carbonyl (C=O) groups is 1. The van der Waals surface area contributed by atoms with E-state index in [1.165, 1.54) is 25.6 Å². The maximum Gasteiger partial charge on any atom is 0.320 e. The quantitative estimate of drug-likeness (QED) is 0.753. The lowest BCUT2D eigenvalue weighted by molar-refractivity contribution is 0.244. The predicted octanol–water partition coefficient (Wildman–Crippen LogP) is 2.56. The fourth-order valence-electron chi connectivity index (χ4n) is 3.40. The molecule has 0 bridgehead atoms. The van der Waals surface area contributed by atoms with Crippen LogP contribution in [0.5, 0.6) is 0 Å². The van der Waals surface area contributed by atoms with Crippen molar-refractivity contribution in [1.82, 2.24) is 29.7 Å². The minimum absolute atomic E-state index is 0.193. The monoisotopic (exact) mass is 351 g/mol. The molecule has 0 aromatic carbocycles. The van der Waals surface area contributed by atoms with E-state index in [0.29, 0.717) is 17.9 Å². The van der Waals surface area contributed by atoms with Gasteiger partial charge in [0.1, 0.15) is 12.1 Å². The number of imidazole rings is 1. The van der Waals surface area contributed by atoms with Crippen molar-refractivity contribution in [1.29, 1.82) is 0 Å². The first kappa shape index (κ1) is 16.4. The molecule has 3 heterocycles. The van der Waals surface area contributed by atoms with Crippen molar-refractivity contribution in [3.8, 4) is 0 Å². The normalized spacial score (nSPS) is 15.1. The highest BCUT2D eigenvalue weighted by Crippen LogP contribution is 2.21. The van der Waals surface area contributed by atoms with Gasteiger partial charge in [-0.25, -0.2) is 19.7 Å². The molecule has 0 radical (unpaired) electrons. The molecule has 1 aliphatic rings. The summed E-state index contributed by atoms with van der Waals surface area (Å²) < 4.78 is 1.84. The molecule has 8 nitrogen and oxygen atoms in total. The van der Waals surface area contributed by atoms with E-state index >= 15 is 0 Å². The van der Waals surface area contributed by atoms with Gasteiger partial charge in [0.2, 0.25) is 0 Å². The Kier molecular flexibility index (Phi) is 4.72. The summed E-state index contributed by atoms with van der Waals surface area (Å²) >= 11 is 0. The van der Waals surface area contributed by atoms with Crippen LogP contribution in [0.4, 0.5) is 10.6 Å². The van der Waals surface area contributed by atoms with Gasteiger partial charge in [-0.3, -0.25) is 14.7 Å². The molecule has 0 aliphatic heterocycles. The van der Waals surface area contributed by atoms with Gasteiger partial charge in [0.15, 0.2) is 5.65 Å². The van der Waals surface area contributed by atoms with Gasteiger partial charge in [0.05, 0.1) is 11.9 Å². The van der Waals surface area contributed by atoms with E-state index in [1.54, 1.807) is 31.0 Å². The summed E-state index contributed by atoms with van der Waals surface area (Å²) in [4.78, 5) is 29.3. The van der Waals surface area contributed by atoms with Gasteiger partial charge in [0, 0.05) is 37.3 Å². The van der Waals surface area contributed by atoms with Gasteiger partial charge in [0.25, 0.3) is 0 Å². The summed E-state index contributed by atoms with van der Waals surface area (Å²) in [5, 5.41) is 6.06. The number of nitrogens with zero attached hydrogens (tertiary/aromatic N) is 5. The number of aromatic nitrogens is 5. The summed E-state index contributed by atoms with van der Waals surface area (Å²) in [6.07, 6.45) is 16.3. The number of nitrogens with one attached hydrogen (secondary N) is 2. The van der Waals surface area contributed by atoms with Crippen LogP contribution in [0.15, 0.2) is 37.3 Å². The average Bonchev–Trinajstić information content (AvgIpc) is 3.00. The Labute approximate surface area is 151 Å². The fraction of sp³-hybridized carbons (Fsp3) is 0.389. The molecule has 0 atom stereocenters. The SMILES string of the molecule is O=C(Nc1c(Cc2cncnc2)nc2cnccn12)NC1CCCCC1. The molecule has 0 unspecified atom stereocenters. The largest absolute Gasteiger partial charge is 0.335 e. The first-order valence-corrected chi connectivity index (χ1v) is 8.92. The van der Waals surface area contributed by atoms with Crippen LogP contribution >= 0.6 is 0 Å². The lowest BCUT2D eigenvalue weighted by atomic mass is 9.96. The highest BCUT2D eigenvalue weighted by Gasteiger charge is 2.19. The maximum absolute atomic E-state index is 12.5. The van der Waals surface area contributed by atoms with Gasteiger partial charge >= 0.3 is 6.03 Å². The molecule has 1 fully saturated rings. The molecule has 8 heteroatoms. The lowest BCUT2D eigenvalue weighted by Gasteiger charge is -2.22. The number of rotatable bonds is 4. The lowest BCUT2D eigenvalue weighted by Crippen LogP contribution is -2.39. The van der Waals surface area contributed by atoms with Gasteiger partial charge in [-0.05, 0) is 18.4 Å². The van der Waals surface area contributed by atoms with E-state index in [1.807, 2.05) is 4.40 Å². The van der Waals surface area contributed by atoms with Gasteiger partial charge in [-0.1, -0.05) is 19.3 Å². The summed E-state index contributed by atoms with van der Waals surface area (Å²) in [6.45, 7) is 0. The number of hydrogen-bond acceptors (Lipinski definition) is 5. The van der Waals surface area contributed by atoms with Crippen molar-refractivity contribution in [3.63, 3.8) is 0 Å². The Hall–Kier alpha value is -3.03. The van der Waals surface area contributed by atoms with E-state index in [9.17, 15) is 4.79 Å². The van der Waals surface area contributed by atoms with Crippen LogP contribution in [-0.4, -0.2) is 36.4 Å². The molecule has 2 amide bonds. The van der Waals surface area contributed by atoms with Gasteiger partial charge in [-0.2, -0.15) is 0 Å². The zero-order valence-electron chi connectivity index (χ0n) is 14.4. The standard InChI is InChI=1S/C18H21N7O/c26-18(22-14-4-2-1-3-5-14)24-17-15(8-13-9-20-12-21-10-13)23-16-11-19-6-7-25(16)17/h6-7,9-12,14H,1-5,8H2,(H2,22,24,26). The first-order chi connectivity index (χ1) is 12.8. The van der Waals surface area contributed by atoms with Crippen molar-refractivity contribution in [3.05, 3.63) is 48.6 Å². The molecule has 0 spiro atoms. The van der Waals surface area contributed by atoms with Crippen LogP contribution in [0, 0.1) is 0 Å². The molecule has 1 aliphatic carbocycles. The molecule has 3 aromatic rings. The van der Waals surface area contributed by atoms with Crippen molar-refractivity contribution in [2.45, 2.75) is 44.6 Å². The third-order valence-electron chi connectivity index (χ3n) is 4.66. The molecule has 3 aromatic heterocycles. The van der Waals surface area contributed by atoms with E-state index in [4.69, 9.17) is 0 Å². The van der Waals surface area contributed by atoms with Crippen molar-refractivity contribution >= 4 is 17.5 Å². The number of carbonyl (C=O) groups excluding carboxylic acids is 1.